The van der Waals surface area contributed by atoms with Gasteiger partial charge < -0.3 is 40.3 Å². The second-order valence-corrected chi connectivity index (χ2v) is 18.0. The number of carboxylic acid groups (broad SMARTS) is 1. The number of imide groups is 1. The number of nitrogens with zero attached hydrogens (tertiary/aromatic N) is 3. The van der Waals surface area contributed by atoms with Gasteiger partial charge >= 0.3 is 5.97 Å². The van der Waals surface area contributed by atoms with Crippen molar-refractivity contribution in [1.29, 1.82) is 0 Å². The standard InChI is InChI=1S/C48H72N6O10/c1-11-31(6)42(38(62-9)27-39(55)53-24-17-22-37(53)43(63-10)32(7)28-50-36(48(60)61)26-33-18-13-12-14-19-33)52(8)47(59)41(30(4)5)51-44(56)40(29(2)3)49-23-25-64-54-45(57)34-20-15-16-21-35(34)46(54)58/h12-16,18-21,29-32,36-38,40-43,49-50H,11,17,22-28H2,1-10H3,(H,51,56)(H,60,61)/t31-,32-,36-,37-,38+,40-,41-,42-,43+/m0/s1. The van der Waals surface area contributed by atoms with E-state index < -0.39 is 48.1 Å². The van der Waals surface area contributed by atoms with Crippen molar-refractivity contribution < 1.29 is 48.2 Å². The van der Waals surface area contributed by atoms with E-state index >= 15 is 0 Å². The minimum Gasteiger partial charge on any atom is -0.480 e. The molecule has 0 bridgehead atoms. The van der Waals surface area contributed by atoms with Crippen LogP contribution in [0.1, 0.15) is 100 Å². The Labute approximate surface area is 379 Å². The van der Waals surface area contributed by atoms with Gasteiger partial charge in [-0.3, -0.25) is 33.6 Å². The number of aliphatic carboxylic acids is 1. The summed E-state index contributed by atoms with van der Waals surface area (Å²) in [6.45, 7) is 14.5. The van der Waals surface area contributed by atoms with E-state index in [1.165, 1.54) is 0 Å². The number of nitrogens with one attached hydrogen (secondary N) is 3. The van der Waals surface area contributed by atoms with Crippen LogP contribution in [0.25, 0.3) is 0 Å². The van der Waals surface area contributed by atoms with Crippen molar-refractivity contribution in [3.8, 4) is 0 Å². The lowest BCUT2D eigenvalue weighted by molar-refractivity contribution is -0.147. The van der Waals surface area contributed by atoms with Crippen molar-refractivity contribution in [2.45, 2.75) is 123 Å². The SMILES string of the molecule is CC[C@H](C)[C@@H]([C@@H](CC(=O)N1CCC[C@H]1[C@H](OC)[C@@H](C)CN[C@@H](Cc1ccccc1)C(=O)O)OC)N(C)C(=O)[C@@H](NC(=O)[C@@H](NCCON1C(=O)c2ccccc2C1=O)C(C)C)C(C)C. The molecule has 64 heavy (non-hydrogen) atoms. The van der Waals surface area contributed by atoms with E-state index in [-0.39, 0.29) is 84.2 Å². The summed E-state index contributed by atoms with van der Waals surface area (Å²) in [5, 5.41) is 20.1. The maximum atomic E-state index is 14.5. The van der Waals surface area contributed by atoms with Crippen LogP contribution in [0.3, 0.4) is 0 Å². The first-order chi connectivity index (χ1) is 30.5. The second-order valence-electron chi connectivity index (χ2n) is 18.0. The van der Waals surface area contributed by atoms with Crippen LogP contribution in [0.2, 0.25) is 0 Å². The van der Waals surface area contributed by atoms with E-state index in [2.05, 4.69) is 16.0 Å². The lowest BCUT2D eigenvalue weighted by Gasteiger charge is -2.41. The first-order valence-electron chi connectivity index (χ1n) is 22.7. The molecule has 0 radical (unpaired) electrons. The van der Waals surface area contributed by atoms with Crippen LogP contribution in [0.5, 0.6) is 0 Å². The zero-order valence-electron chi connectivity index (χ0n) is 39.4. The van der Waals surface area contributed by atoms with Crippen molar-refractivity contribution in [2.24, 2.45) is 23.7 Å². The maximum absolute atomic E-state index is 14.5. The molecule has 4 rings (SSSR count). The summed E-state index contributed by atoms with van der Waals surface area (Å²) < 4.78 is 12.1. The fourth-order valence-corrected chi connectivity index (χ4v) is 9.01. The van der Waals surface area contributed by atoms with Gasteiger partial charge in [0.2, 0.25) is 17.7 Å². The van der Waals surface area contributed by atoms with Gasteiger partial charge in [-0.25, -0.2) is 0 Å². The monoisotopic (exact) mass is 893 g/mol. The van der Waals surface area contributed by atoms with Crippen LogP contribution >= 0.6 is 0 Å². The number of hydrogen-bond donors (Lipinski definition) is 4. The summed E-state index contributed by atoms with van der Waals surface area (Å²) in [6.07, 6.45) is 1.54. The van der Waals surface area contributed by atoms with Crippen molar-refractivity contribution in [2.75, 3.05) is 47.5 Å². The highest BCUT2D eigenvalue weighted by Gasteiger charge is 2.42. The van der Waals surface area contributed by atoms with E-state index in [0.29, 0.717) is 25.9 Å². The van der Waals surface area contributed by atoms with Crippen LogP contribution in [0, 0.1) is 23.7 Å². The number of hydrogen-bond acceptors (Lipinski definition) is 11. The van der Waals surface area contributed by atoms with Gasteiger partial charge in [0, 0.05) is 40.9 Å². The van der Waals surface area contributed by atoms with Gasteiger partial charge in [-0.2, -0.15) is 0 Å². The molecule has 9 atom stereocenters. The fraction of sp³-hybridized carbons (Fsp3) is 0.625. The Balaban J connectivity index is 1.39. The maximum Gasteiger partial charge on any atom is 0.321 e. The van der Waals surface area contributed by atoms with Crippen molar-refractivity contribution >= 4 is 35.5 Å². The molecule has 16 heteroatoms. The number of likely N-dealkylation sites (tertiary alicyclic amines) is 1. The minimum absolute atomic E-state index is 0.0156. The van der Waals surface area contributed by atoms with Crippen molar-refractivity contribution in [3.05, 3.63) is 71.3 Å². The summed E-state index contributed by atoms with van der Waals surface area (Å²) in [6, 6.07) is 12.8. The molecule has 0 spiro atoms. The predicted octanol–water partition coefficient (Wildman–Crippen LogP) is 4.18. The number of likely N-dealkylation sites (N-methyl/N-ethyl adjacent to an activating group) is 1. The molecule has 0 unspecified atom stereocenters. The summed E-state index contributed by atoms with van der Waals surface area (Å²) in [5.74, 6) is -3.52. The molecule has 2 heterocycles. The molecule has 354 valence electrons. The largest absolute Gasteiger partial charge is 0.480 e. The Morgan fingerprint density at radius 1 is 0.844 bits per heavy atom. The van der Waals surface area contributed by atoms with Gasteiger partial charge in [0.25, 0.3) is 11.8 Å². The topological polar surface area (TPSA) is 196 Å². The van der Waals surface area contributed by atoms with Gasteiger partial charge in [0.15, 0.2) is 0 Å². The molecule has 0 aliphatic carbocycles. The summed E-state index contributed by atoms with van der Waals surface area (Å²) in [7, 11) is 4.87. The molecule has 2 aromatic rings. The third-order valence-electron chi connectivity index (χ3n) is 12.8. The Bertz CT molecular complexity index is 1840. The highest BCUT2D eigenvalue weighted by molar-refractivity contribution is 6.20. The van der Waals surface area contributed by atoms with E-state index in [0.717, 1.165) is 23.5 Å². The van der Waals surface area contributed by atoms with Gasteiger partial charge in [-0.15, -0.1) is 5.06 Å². The molecule has 5 amide bonds. The average Bonchev–Trinajstić information content (AvgIpc) is 3.85. The summed E-state index contributed by atoms with van der Waals surface area (Å²) >= 11 is 0. The first-order valence-corrected chi connectivity index (χ1v) is 22.7. The molecule has 0 aromatic heterocycles. The molecule has 0 saturated carbocycles. The molecule has 1 saturated heterocycles. The molecule has 1 fully saturated rings. The van der Waals surface area contributed by atoms with E-state index in [4.69, 9.17) is 14.3 Å². The molecule has 16 nitrogen and oxygen atoms in total. The summed E-state index contributed by atoms with van der Waals surface area (Å²) in [4.78, 5) is 89.3. The van der Waals surface area contributed by atoms with Crippen LogP contribution in [0.4, 0.5) is 0 Å². The van der Waals surface area contributed by atoms with Crippen LogP contribution < -0.4 is 16.0 Å². The zero-order chi connectivity index (χ0) is 47.2. The number of rotatable bonds is 26. The number of carboxylic acids is 1. The minimum atomic E-state index is -0.936. The average molecular weight is 893 g/mol. The smallest absolute Gasteiger partial charge is 0.321 e. The Hall–Kier alpha value is -4.74. The zero-order valence-corrected chi connectivity index (χ0v) is 39.4. The first kappa shape index (κ1) is 51.9. The number of ether oxygens (including phenoxy) is 2. The van der Waals surface area contributed by atoms with Gasteiger partial charge in [-0.05, 0) is 60.6 Å². The highest BCUT2D eigenvalue weighted by Crippen LogP contribution is 2.30. The molecule has 4 N–H and O–H groups in total. The number of fused-ring (bicyclic) bond motifs is 1. The lowest BCUT2D eigenvalue weighted by atomic mass is 9.89. The second kappa shape index (κ2) is 24.5. The van der Waals surface area contributed by atoms with Crippen LogP contribution in [-0.2, 0) is 39.9 Å². The third kappa shape index (κ3) is 13.0. The molecule has 2 aliphatic heterocycles. The Morgan fingerprint density at radius 3 is 2.00 bits per heavy atom. The van der Waals surface area contributed by atoms with Gasteiger partial charge in [0.1, 0.15) is 12.1 Å². The Kier molecular flexibility index (Phi) is 19.9. The van der Waals surface area contributed by atoms with Crippen molar-refractivity contribution in [3.63, 3.8) is 0 Å². The van der Waals surface area contributed by atoms with Crippen molar-refractivity contribution in [1.82, 2.24) is 30.8 Å². The predicted molar refractivity (Wildman–Crippen MR) is 242 cm³/mol. The molecular weight excluding hydrogens is 821 g/mol. The number of benzene rings is 2. The van der Waals surface area contributed by atoms with Crippen LogP contribution in [-0.4, -0.2) is 145 Å². The number of carbonyl (C=O) groups is 6. The fourth-order valence-electron chi connectivity index (χ4n) is 9.01. The van der Waals surface area contributed by atoms with E-state index in [9.17, 15) is 33.9 Å². The highest BCUT2D eigenvalue weighted by atomic mass is 16.7. The van der Waals surface area contributed by atoms with Crippen LogP contribution in [0.15, 0.2) is 54.6 Å². The molecular formula is C48H72N6O10. The van der Waals surface area contributed by atoms with E-state index in [1.54, 1.807) is 50.4 Å². The number of methoxy groups -OCH3 is 2. The number of hydroxylamine groups is 2. The van der Waals surface area contributed by atoms with E-state index in [1.807, 2.05) is 83.7 Å². The number of amides is 5. The Morgan fingerprint density at radius 2 is 1.45 bits per heavy atom. The molecule has 2 aliphatic rings. The van der Waals surface area contributed by atoms with Gasteiger partial charge in [-0.1, -0.05) is 97.4 Å². The summed E-state index contributed by atoms with van der Waals surface area (Å²) in [5.41, 5.74) is 1.46. The quantitative estimate of drug-likeness (QED) is 0.0779. The normalized spacial score (nSPS) is 18.9. The third-order valence-corrected chi connectivity index (χ3v) is 12.8. The lowest BCUT2D eigenvalue weighted by Crippen LogP contribution is -2.60. The number of carbonyl (C=O) groups excluding carboxylic acids is 5. The molecule has 2 aromatic carbocycles. The van der Waals surface area contributed by atoms with Gasteiger partial charge in [0.05, 0.1) is 54.5 Å².